The molecule has 0 aliphatic heterocycles. The van der Waals surface area contributed by atoms with Crippen molar-refractivity contribution in [3.8, 4) is 11.6 Å². The van der Waals surface area contributed by atoms with Gasteiger partial charge in [0.1, 0.15) is 6.33 Å². The second-order valence-corrected chi connectivity index (χ2v) is 3.84. The smallest absolute Gasteiger partial charge is 0.239 e. The van der Waals surface area contributed by atoms with Crippen molar-refractivity contribution in [2.24, 2.45) is 0 Å². The van der Waals surface area contributed by atoms with Crippen molar-refractivity contribution in [3.05, 3.63) is 12.2 Å². The number of rotatable bonds is 6. The Morgan fingerprint density at radius 3 is 3.12 bits per heavy atom. The molecule has 2 N–H and O–H groups in total. The van der Waals surface area contributed by atoms with E-state index >= 15 is 0 Å². The van der Waals surface area contributed by atoms with Gasteiger partial charge >= 0.3 is 0 Å². The zero-order chi connectivity index (χ0) is 12.1. The molecule has 0 spiro atoms. The summed E-state index contributed by atoms with van der Waals surface area (Å²) in [6.07, 6.45) is 3.14. The molecule has 0 aliphatic carbocycles. The van der Waals surface area contributed by atoms with Crippen molar-refractivity contribution in [2.75, 3.05) is 6.54 Å². The number of hydrogen-bond donors (Lipinski definition) is 2. The number of hydrogen-bond acceptors (Lipinski definition) is 6. The zero-order valence-corrected chi connectivity index (χ0v) is 9.97. The van der Waals surface area contributed by atoms with E-state index in [-0.39, 0.29) is 0 Å². The Hall–Kier alpha value is -1.76. The third-order valence-electron chi connectivity index (χ3n) is 2.44. The minimum Gasteiger partial charge on any atom is -0.339 e. The van der Waals surface area contributed by atoms with Crippen molar-refractivity contribution in [3.63, 3.8) is 0 Å². The Labute approximate surface area is 99.0 Å². The van der Waals surface area contributed by atoms with E-state index < -0.39 is 0 Å². The van der Waals surface area contributed by atoms with E-state index in [2.05, 4.69) is 44.5 Å². The normalized spacial score (nSPS) is 12.8. The second-order valence-electron chi connectivity index (χ2n) is 3.84. The molecule has 0 aliphatic rings. The summed E-state index contributed by atoms with van der Waals surface area (Å²) in [7, 11) is 0. The van der Waals surface area contributed by atoms with Crippen LogP contribution >= 0.6 is 0 Å². The summed E-state index contributed by atoms with van der Waals surface area (Å²) in [5.41, 5.74) is 0. The standard InChI is InChI=1S/C10H16N6O/c1-3-11-7(2)4-5-8-14-10(16-17-8)9-12-6-13-15-9/h6-7,11H,3-5H2,1-2H3,(H,12,13,15). The van der Waals surface area contributed by atoms with Gasteiger partial charge in [0.2, 0.25) is 11.7 Å². The Bertz CT molecular complexity index is 437. The van der Waals surface area contributed by atoms with E-state index in [0.29, 0.717) is 23.6 Å². The van der Waals surface area contributed by atoms with Crippen LogP contribution in [0.3, 0.4) is 0 Å². The van der Waals surface area contributed by atoms with Crippen LogP contribution in [0.4, 0.5) is 0 Å². The fraction of sp³-hybridized carbons (Fsp3) is 0.600. The molecule has 0 bridgehead atoms. The van der Waals surface area contributed by atoms with Crippen LogP contribution in [0, 0.1) is 0 Å². The predicted molar refractivity (Wildman–Crippen MR) is 61.1 cm³/mol. The van der Waals surface area contributed by atoms with Crippen LogP contribution in [0.2, 0.25) is 0 Å². The maximum Gasteiger partial charge on any atom is 0.239 e. The summed E-state index contributed by atoms with van der Waals surface area (Å²) < 4.78 is 5.14. The molecule has 0 saturated carbocycles. The number of aromatic amines is 1. The lowest BCUT2D eigenvalue weighted by molar-refractivity contribution is 0.367. The third kappa shape index (κ3) is 3.10. The molecular weight excluding hydrogens is 220 g/mol. The highest BCUT2D eigenvalue weighted by Gasteiger charge is 2.11. The highest BCUT2D eigenvalue weighted by molar-refractivity contribution is 5.39. The highest BCUT2D eigenvalue weighted by Crippen LogP contribution is 2.10. The molecule has 0 radical (unpaired) electrons. The fourth-order valence-corrected chi connectivity index (χ4v) is 1.56. The Balaban J connectivity index is 1.91. The lowest BCUT2D eigenvalue weighted by atomic mass is 10.2. The molecule has 0 saturated heterocycles. The van der Waals surface area contributed by atoms with Gasteiger partial charge < -0.3 is 9.84 Å². The van der Waals surface area contributed by atoms with Gasteiger partial charge in [-0.3, -0.25) is 5.10 Å². The van der Waals surface area contributed by atoms with Crippen LogP contribution in [0.15, 0.2) is 10.9 Å². The van der Waals surface area contributed by atoms with Crippen LogP contribution < -0.4 is 5.32 Å². The molecule has 2 aromatic heterocycles. The van der Waals surface area contributed by atoms with Gasteiger partial charge in [-0.05, 0) is 19.9 Å². The average Bonchev–Trinajstić information content (AvgIpc) is 2.97. The summed E-state index contributed by atoms with van der Waals surface area (Å²) in [4.78, 5) is 8.21. The Morgan fingerprint density at radius 2 is 2.41 bits per heavy atom. The molecule has 7 nitrogen and oxygen atoms in total. The minimum absolute atomic E-state index is 0.445. The Kier molecular flexibility index (Phi) is 3.81. The van der Waals surface area contributed by atoms with Crippen molar-refractivity contribution >= 4 is 0 Å². The average molecular weight is 236 g/mol. The summed E-state index contributed by atoms with van der Waals surface area (Å²) in [5.74, 6) is 1.61. The van der Waals surface area contributed by atoms with E-state index in [1.165, 1.54) is 6.33 Å². The molecule has 2 rings (SSSR count). The first-order chi connectivity index (χ1) is 8.29. The molecule has 1 unspecified atom stereocenters. The minimum atomic E-state index is 0.445. The van der Waals surface area contributed by atoms with Crippen LogP contribution in [-0.2, 0) is 6.42 Å². The first kappa shape index (κ1) is 11.7. The molecule has 0 fully saturated rings. The van der Waals surface area contributed by atoms with Gasteiger partial charge in [0, 0.05) is 12.5 Å². The van der Waals surface area contributed by atoms with E-state index in [1.807, 2.05) is 0 Å². The third-order valence-corrected chi connectivity index (χ3v) is 2.44. The van der Waals surface area contributed by atoms with Crippen LogP contribution in [0.1, 0.15) is 26.2 Å². The Morgan fingerprint density at radius 1 is 1.53 bits per heavy atom. The van der Waals surface area contributed by atoms with Gasteiger partial charge in [-0.15, -0.1) is 0 Å². The van der Waals surface area contributed by atoms with Crippen molar-refractivity contribution < 1.29 is 4.52 Å². The molecule has 1 atom stereocenters. The van der Waals surface area contributed by atoms with Crippen LogP contribution in [0.5, 0.6) is 0 Å². The number of nitrogens with zero attached hydrogens (tertiary/aromatic N) is 4. The van der Waals surface area contributed by atoms with Gasteiger partial charge in [0.25, 0.3) is 0 Å². The number of aromatic nitrogens is 5. The number of aryl methyl sites for hydroxylation is 1. The number of nitrogens with one attached hydrogen (secondary N) is 2. The van der Waals surface area contributed by atoms with Crippen molar-refractivity contribution in [1.29, 1.82) is 0 Å². The molecule has 92 valence electrons. The van der Waals surface area contributed by atoms with E-state index in [9.17, 15) is 0 Å². The van der Waals surface area contributed by atoms with Crippen LogP contribution in [0.25, 0.3) is 11.6 Å². The van der Waals surface area contributed by atoms with Crippen molar-refractivity contribution in [1.82, 2.24) is 30.6 Å². The molecule has 2 aromatic rings. The van der Waals surface area contributed by atoms with Gasteiger partial charge in [0.05, 0.1) is 0 Å². The highest BCUT2D eigenvalue weighted by atomic mass is 16.5. The monoisotopic (exact) mass is 236 g/mol. The summed E-state index contributed by atoms with van der Waals surface area (Å²) in [6.45, 7) is 5.19. The molecule has 2 heterocycles. The summed E-state index contributed by atoms with van der Waals surface area (Å²) >= 11 is 0. The molecule has 17 heavy (non-hydrogen) atoms. The van der Waals surface area contributed by atoms with E-state index in [1.54, 1.807) is 0 Å². The zero-order valence-electron chi connectivity index (χ0n) is 9.97. The SMILES string of the molecule is CCNC(C)CCc1nc(-c2ncn[nH]2)no1. The summed E-state index contributed by atoms with van der Waals surface area (Å²) in [6, 6.07) is 0.445. The first-order valence-electron chi connectivity index (χ1n) is 5.71. The summed E-state index contributed by atoms with van der Waals surface area (Å²) in [5, 5.41) is 13.6. The van der Waals surface area contributed by atoms with Crippen molar-refractivity contribution in [2.45, 2.75) is 32.7 Å². The molecule has 0 aromatic carbocycles. The van der Waals surface area contributed by atoms with E-state index in [4.69, 9.17) is 4.52 Å². The molecular formula is C10H16N6O. The van der Waals surface area contributed by atoms with Gasteiger partial charge in [0.15, 0.2) is 5.82 Å². The lowest BCUT2D eigenvalue weighted by Gasteiger charge is -2.09. The topological polar surface area (TPSA) is 92.5 Å². The second kappa shape index (κ2) is 5.53. The van der Waals surface area contributed by atoms with Gasteiger partial charge in [-0.25, -0.2) is 4.98 Å². The van der Waals surface area contributed by atoms with E-state index in [0.717, 1.165) is 19.4 Å². The first-order valence-corrected chi connectivity index (χ1v) is 5.71. The largest absolute Gasteiger partial charge is 0.339 e. The van der Waals surface area contributed by atoms with Gasteiger partial charge in [-0.1, -0.05) is 12.1 Å². The van der Waals surface area contributed by atoms with Gasteiger partial charge in [-0.2, -0.15) is 10.1 Å². The maximum absolute atomic E-state index is 5.14. The molecule has 0 amide bonds. The predicted octanol–water partition coefficient (Wildman–Crippen LogP) is 0.785. The maximum atomic E-state index is 5.14. The van der Waals surface area contributed by atoms with Crippen LogP contribution in [-0.4, -0.2) is 37.9 Å². The number of H-pyrrole nitrogens is 1. The lowest BCUT2D eigenvalue weighted by Crippen LogP contribution is -2.25. The fourth-order valence-electron chi connectivity index (χ4n) is 1.56. The quantitative estimate of drug-likeness (QED) is 0.770. The molecule has 7 heteroatoms.